The zero-order valence-corrected chi connectivity index (χ0v) is 12.1. The predicted molar refractivity (Wildman–Crippen MR) is 78.3 cm³/mol. The molecule has 1 aliphatic heterocycles. The van der Waals surface area contributed by atoms with Gasteiger partial charge in [-0.3, -0.25) is 4.90 Å². The highest BCUT2D eigenvalue weighted by molar-refractivity contribution is 6.29. The van der Waals surface area contributed by atoms with Crippen LogP contribution < -0.4 is 5.32 Å². The Morgan fingerprint density at radius 1 is 1.26 bits per heavy atom. The summed E-state index contributed by atoms with van der Waals surface area (Å²) in [6.07, 6.45) is 6.76. The molecule has 1 aromatic rings. The number of aromatic nitrogens is 1. The minimum Gasteiger partial charge on any atom is -0.314 e. The highest BCUT2D eigenvalue weighted by Gasteiger charge is 2.39. The van der Waals surface area contributed by atoms with Crippen molar-refractivity contribution in [1.29, 1.82) is 0 Å². The fourth-order valence-corrected chi connectivity index (χ4v) is 3.75. The Hall–Kier alpha value is -0.640. The van der Waals surface area contributed by atoms with Gasteiger partial charge in [0.1, 0.15) is 5.15 Å². The van der Waals surface area contributed by atoms with Gasteiger partial charge in [0.05, 0.1) is 5.69 Å². The van der Waals surface area contributed by atoms with Gasteiger partial charge in [0.2, 0.25) is 0 Å². The van der Waals surface area contributed by atoms with Crippen molar-refractivity contribution in [1.82, 2.24) is 15.2 Å². The van der Waals surface area contributed by atoms with Gasteiger partial charge in [0.15, 0.2) is 0 Å². The summed E-state index contributed by atoms with van der Waals surface area (Å²) in [4.78, 5) is 7.09. The van der Waals surface area contributed by atoms with Gasteiger partial charge in [-0.2, -0.15) is 0 Å². The third kappa shape index (κ3) is 2.93. The Morgan fingerprint density at radius 2 is 2.11 bits per heavy atom. The van der Waals surface area contributed by atoms with E-state index in [0.717, 1.165) is 31.9 Å². The summed E-state index contributed by atoms with van der Waals surface area (Å²) in [5.74, 6) is 0. The van der Waals surface area contributed by atoms with E-state index >= 15 is 0 Å². The van der Waals surface area contributed by atoms with E-state index in [1.54, 1.807) is 0 Å². The predicted octanol–water partition coefficient (Wildman–Crippen LogP) is 2.84. The lowest BCUT2D eigenvalue weighted by atomic mass is 9.79. The van der Waals surface area contributed by atoms with Crippen LogP contribution in [0, 0.1) is 0 Å². The van der Waals surface area contributed by atoms with Gasteiger partial charge in [-0.05, 0) is 25.0 Å². The van der Waals surface area contributed by atoms with Gasteiger partial charge >= 0.3 is 0 Å². The van der Waals surface area contributed by atoms with E-state index in [-0.39, 0.29) is 0 Å². The SMILES string of the molecule is Clc1cccc(CN2CCNCC23CCCCC3)n1. The second-order valence-corrected chi connectivity index (χ2v) is 6.22. The van der Waals surface area contributed by atoms with E-state index in [2.05, 4.69) is 21.3 Å². The molecule has 1 saturated heterocycles. The Labute approximate surface area is 120 Å². The zero-order valence-electron chi connectivity index (χ0n) is 11.4. The molecule has 3 nitrogen and oxygen atoms in total. The third-order valence-electron chi connectivity index (χ3n) is 4.59. The standard InChI is InChI=1S/C15H22ClN3/c16-14-6-4-5-13(18-14)11-19-10-9-17-12-15(19)7-2-1-3-8-15/h4-6,17H,1-3,7-12H2. The second kappa shape index (κ2) is 5.78. The highest BCUT2D eigenvalue weighted by Crippen LogP contribution is 2.35. The molecule has 0 radical (unpaired) electrons. The maximum atomic E-state index is 6.00. The van der Waals surface area contributed by atoms with Crippen LogP contribution in [-0.2, 0) is 6.54 Å². The first-order chi connectivity index (χ1) is 9.28. The van der Waals surface area contributed by atoms with E-state index in [0.29, 0.717) is 10.7 Å². The smallest absolute Gasteiger partial charge is 0.129 e. The number of hydrogen-bond donors (Lipinski definition) is 1. The fraction of sp³-hybridized carbons (Fsp3) is 0.667. The fourth-order valence-electron chi connectivity index (χ4n) is 3.57. The molecule has 2 aliphatic rings. The number of nitrogens with zero attached hydrogens (tertiary/aromatic N) is 2. The quantitative estimate of drug-likeness (QED) is 0.844. The Kier molecular flexibility index (Phi) is 4.06. The largest absolute Gasteiger partial charge is 0.314 e. The molecule has 0 aromatic carbocycles. The first kappa shape index (κ1) is 13.3. The first-order valence-electron chi connectivity index (χ1n) is 7.36. The van der Waals surface area contributed by atoms with Crippen LogP contribution in [0.5, 0.6) is 0 Å². The first-order valence-corrected chi connectivity index (χ1v) is 7.74. The van der Waals surface area contributed by atoms with E-state index in [1.807, 2.05) is 12.1 Å². The second-order valence-electron chi connectivity index (χ2n) is 5.83. The molecule has 19 heavy (non-hydrogen) atoms. The number of piperazine rings is 1. The van der Waals surface area contributed by atoms with Crippen molar-refractivity contribution in [3.63, 3.8) is 0 Å². The molecule has 4 heteroatoms. The van der Waals surface area contributed by atoms with E-state index in [9.17, 15) is 0 Å². The Balaban J connectivity index is 1.77. The average molecular weight is 280 g/mol. The van der Waals surface area contributed by atoms with Crippen molar-refractivity contribution in [2.75, 3.05) is 19.6 Å². The van der Waals surface area contributed by atoms with Crippen molar-refractivity contribution < 1.29 is 0 Å². The molecular formula is C15H22ClN3. The van der Waals surface area contributed by atoms with E-state index in [4.69, 9.17) is 11.6 Å². The summed E-state index contributed by atoms with van der Waals surface area (Å²) in [5, 5.41) is 4.19. The third-order valence-corrected chi connectivity index (χ3v) is 4.80. The molecule has 1 spiro atoms. The molecule has 2 heterocycles. The zero-order chi connectivity index (χ0) is 13.1. The molecule has 0 atom stereocenters. The minimum atomic E-state index is 0.362. The van der Waals surface area contributed by atoms with Crippen molar-refractivity contribution in [3.8, 4) is 0 Å². The lowest BCUT2D eigenvalue weighted by molar-refractivity contribution is 0.0199. The van der Waals surface area contributed by atoms with Gasteiger partial charge in [0, 0.05) is 31.7 Å². The van der Waals surface area contributed by atoms with Crippen LogP contribution in [0.3, 0.4) is 0 Å². The molecule has 0 bridgehead atoms. The van der Waals surface area contributed by atoms with Crippen LogP contribution in [0.15, 0.2) is 18.2 Å². The number of halogens is 1. The molecule has 1 N–H and O–H groups in total. The maximum absolute atomic E-state index is 6.00. The van der Waals surface area contributed by atoms with Crippen molar-refractivity contribution in [3.05, 3.63) is 29.0 Å². The molecule has 3 rings (SSSR count). The molecule has 1 aliphatic carbocycles. The van der Waals surface area contributed by atoms with Crippen molar-refractivity contribution in [2.45, 2.75) is 44.2 Å². The van der Waals surface area contributed by atoms with Gasteiger partial charge in [-0.15, -0.1) is 0 Å². The van der Waals surface area contributed by atoms with Crippen molar-refractivity contribution >= 4 is 11.6 Å². The summed E-state index contributed by atoms with van der Waals surface area (Å²) in [6.45, 7) is 4.27. The molecule has 0 amide bonds. The summed E-state index contributed by atoms with van der Waals surface area (Å²) in [7, 11) is 0. The summed E-state index contributed by atoms with van der Waals surface area (Å²) < 4.78 is 0. The summed E-state index contributed by atoms with van der Waals surface area (Å²) in [5.41, 5.74) is 1.46. The molecule has 1 saturated carbocycles. The molecular weight excluding hydrogens is 258 g/mol. The average Bonchev–Trinajstić information content (AvgIpc) is 2.43. The summed E-state index contributed by atoms with van der Waals surface area (Å²) >= 11 is 6.00. The lowest BCUT2D eigenvalue weighted by Gasteiger charge is -2.49. The van der Waals surface area contributed by atoms with Crippen LogP contribution in [0.2, 0.25) is 5.15 Å². The van der Waals surface area contributed by atoms with Crippen molar-refractivity contribution in [2.24, 2.45) is 0 Å². The minimum absolute atomic E-state index is 0.362. The number of rotatable bonds is 2. The number of nitrogens with one attached hydrogen (secondary N) is 1. The van der Waals surface area contributed by atoms with Gasteiger partial charge < -0.3 is 5.32 Å². The summed E-state index contributed by atoms with van der Waals surface area (Å²) in [6, 6.07) is 5.93. The topological polar surface area (TPSA) is 28.2 Å². The Morgan fingerprint density at radius 3 is 2.89 bits per heavy atom. The van der Waals surface area contributed by atoms with Crippen LogP contribution in [0.25, 0.3) is 0 Å². The maximum Gasteiger partial charge on any atom is 0.129 e. The molecule has 0 unspecified atom stereocenters. The molecule has 1 aromatic heterocycles. The van der Waals surface area contributed by atoms with Crippen LogP contribution in [0.4, 0.5) is 0 Å². The monoisotopic (exact) mass is 279 g/mol. The van der Waals surface area contributed by atoms with E-state index < -0.39 is 0 Å². The van der Waals surface area contributed by atoms with Gasteiger partial charge in [-0.1, -0.05) is 36.9 Å². The Bertz CT molecular complexity index is 421. The van der Waals surface area contributed by atoms with Crippen LogP contribution in [-0.4, -0.2) is 35.1 Å². The van der Waals surface area contributed by atoms with Crippen LogP contribution in [0.1, 0.15) is 37.8 Å². The number of pyridine rings is 1. The molecule has 2 fully saturated rings. The van der Waals surface area contributed by atoms with E-state index in [1.165, 1.54) is 32.1 Å². The van der Waals surface area contributed by atoms with Gasteiger partial charge in [-0.25, -0.2) is 4.98 Å². The van der Waals surface area contributed by atoms with Crippen LogP contribution >= 0.6 is 11.6 Å². The van der Waals surface area contributed by atoms with Gasteiger partial charge in [0.25, 0.3) is 0 Å². The lowest BCUT2D eigenvalue weighted by Crippen LogP contribution is -2.61. The highest BCUT2D eigenvalue weighted by atomic mass is 35.5. The normalized spacial score (nSPS) is 23.6. The number of hydrogen-bond acceptors (Lipinski definition) is 3. The molecule has 104 valence electrons.